The van der Waals surface area contributed by atoms with E-state index in [0.29, 0.717) is 0 Å². The average Bonchev–Trinajstić information content (AvgIpc) is 2.68. The van der Waals surface area contributed by atoms with Crippen molar-refractivity contribution in [3.8, 4) is 23.0 Å². The summed E-state index contributed by atoms with van der Waals surface area (Å²) in [4.78, 5) is 7.42. The highest BCUT2D eigenvalue weighted by atomic mass is 32.2. The fourth-order valence-electron chi connectivity index (χ4n) is 2.20. The first-order valence-electron chi connectivity index (χ1n) is 8.14. The lowest BCUT2D eigenvalue weighted by atomic mass is 10.2. The highest BCUT2D eigenvalue weighted by Gasteiger charge is 2.16. The second-order valence-corrected chi connectivity index (χ2v) is 7.89. The Bertz CT molecular complexity index is 1110. The topological polar surface area (TPSA) is 130 Å². The number of nitrogen functional groups attached to an aromatic ring is 2. The highest BCUT2D eigenvalue weighted by molar-refractivity contribution is 7.91. The van der Waals surface area contributed by atoms with E-state index in [9.17, 15) is 12.8 Å². The van der Waals surface area contributed by atoms with Crippen molar-refractivity contribution in [2.24, 2.45) is 0 Å². The lowest BCUT2D eigenvalue weighted by Gasteiger charge is -2.14. The van der Waals surface area contributed by atoms with E-state index in [0.717, 1.165) is 0 Å². The Morgan fingerprint density at radius 2 is 1.68 bits per heavy atom. The van der Waals surface area contributed by atoms with Gasteiger partial charge in [-0.05, 0) is 24.3 Å². The number of sulfone groups is 1. The fourth-order valence-corrected chi connectivity index (χ4v) is 2.99. The first-order chi connectivity index (χ1) is 13.3. The van der Waals surface area contributed by atoms with Crippen LogP contribution in [-0.2, 0) is 9.84 Å². The number of nitrogens with two attached hydrogens (primary N) is 2. The van der Waals surface area contributed by atoms with Gasteiger partial charge in [0.05, 0.1) is 23.3 Å². The lowest BCUT2D eigenvalue weighted by molar-refractivity contribution is 0.395. The van der Waals surface area contributed by atoms with Gasteiger partial charge in [-0.25, -0.2) is 18.4 Å². The summed E-state index contributed by atoms with van der Waals surface area (Å²) in [6.45, 7) is 1.53. The number of aromatic nitrogens is 2. The summed E-state index contributed by atoms with van der Waals surface area (Å²) in [7, 11) is -3.43. The molecule has 0 atom stereocenters. The maximum absolute atomic E-state index is 13.8. The van der Waals surface area contributed by atoms with Gasteiger partial charge >= 0.3 is 0 Å². The van der Waals surface area contributed by atoms with Gasteiger partial charge in [-0.15, -0.1) is 0 Å². The Morgan fingerprint density at radius 1 is 1.00 bits per heavy atom. The molecule has 0 aliphatic rings. The molecular weight excluding hydrogens is 387 g/mol. The third kappa shape index (κ3) is 4.12. The smallest absolute Gasteiger partial charge is 0.255 e. The molecule has 0 radical (unpaired) electrons. The summed E-state index contributed by atoms with van der Waals surface area (Å²) >= 11 is 0. The number of halogens is 1. The van der Waals surface area contributed by atoms with E-state index in [-0.39, 0.29) is 45.2 Å². The molecule has 0 saturated carbocycles. The molecule has 0 aliphatic carbocycles. The Balaban J connectivity index is 1.93. The Labute approximate surface area is 160 Å². The summed E-state index contributed by atoms with van der Waals surface area (Å²) in [6.07, 6.45) is 2.54. The van der Waals surface area contributed by atoms with Crippen LogP contribution in [0.1, 0.15) is 6.92 Å². The fraction of sp³-hybridized carbons (Fsp3) is 0.111. The zero-order chi connectivity index (χ0) is 20.3. The minimum Gasteiger partial charge on any atom is -0.452 e. The third-order valence-corrected chi connectivity index (χ3v) is 5.37. The first kappa shape index (κ1) is 19.4. The second-order valence-electron chi connectivity index (χ2n) is 5.66. The zero-order valence-corrected chi connectivity index (χ0v) is 15.6. The van der Waals surface area contributed by atoms with Crippen molar-refractivity contribution < 1.29 is 22.3 Å². The molecule has 0 saturated heterocycles. The molecule has 146 valence electrons. The average molecular weight is 404 g/mol. The van der Waals surface area contributed by atoms with E-state index in [1.165, 1.54) is 55.7 Å². The molecule has 28 heavy (non-hydrogen) atoms. The highest BCUT2D eigenvalue weighted by Crippen LogP contribution is 2.39. The molecule has 10 heteroatoms. The van der Waals surface area contributed by atoms with Crippen molar-refractivity contribution in [2.75, 3.05) is 17.2 Å². The third-order valence-electron chi connectivity index (χ3n) is 3.73. The van der Waals surface area contributed by atoms with Gasteiger partial charge in [-0.2, -0.15) is 4.39 Å². The van der Waals surface area contributed by atoms with Crippen LogP contribution in [-0.4, -0.2) is 24.1 Å². The van der Waals surface area contributed by atoms with Crippen molar-refractivity contribution in [1.29, 1.82) is 0 Å². The minimum absolute atomic E-state index is 0.0620. The van der Waals surface area contributed by atoms with Crippen LogP contribution in [0.25, 0.3) is 0 Å². The molecule has 0 spiro atoms. The van der Waals surface area contributed by atoms with Gasteiger partial charge in [0.15, 0.2) is 32.1 Å². The van der Waals surface area contributed by atoms with E-state index in [2.05, 4.69) is 9.97 Å². The standard InChI is InChI=1S/C18H17FN4O4S/c1-2-28(24,25)17-6-5-11(10-23-17)26-15-8-12(20)13(21)9-16(15)27-14-4-3-7-22-18(14)19/h3-10H,2,20-21H2,1H3. The lowest BCUT2D eigenvalue weighted by Crippen LogP contribution is -2.05. The number of nitrogens with zero attached hydrogens (tertiary/aromatic N) is 2. The summed E-state index contributed by atoms with van der Waals surface area (Å²) in [5, 5.41) is -0.0620. The molecular formula is C18H17FN4O4S. The van der Waals surface area contributed by atoms with E-state index in [4.69, 9.17) is 20.9 Å². The van der Waals surface area contributed by atoms with Crippen LogP contribution in [0.4, 0.5) is 15.8 Å². The van der Waals surface area contributed by atoms with E-state index < -0.39 is 15.8 Å². The number of anilines is 2. The Kier molecular flexibility index (Phi) is 5.32. The Hall–Kier alpha value is -3.40. The summed E-state index contributed by atoms with van der Waals surface area (Å²) in [5.41, 5.74) is 12.1. The summed E-state index contributed by atoms with van der Waals surface area (Å²) in [6, 6.07) is 8.48. The molecule has 3 aromatic rings. The predicted octanol–water partition coefficient (Wildman–Crippen LogP) is 3.16. The monoisotopic (exact) mass is 404 g/mol. The van der Waals surface area contributed by atoms with Crippen molar-refractivity contribution in [3.05, 3.63) is 54.7 Å². The van der Waals surface area contributed by atoms with Gasteiger partial charge in [0.2, 0.25) is 0 Å². The van der Waals surface area contributed by atoms with Gasteiger partial charge < -0.3 is 20.9 Å². The van der Waals surface area contributed by atoms with Crippen LogP contribution >= 0.6 is 0 Å². The Morgan fingerprint density at radius 3 is 2.25 bits per heavy atom. The number of rotatable bonds is 6. The molecule has 2 heterocycles. The first-order valence-corrected chi connectivity index (χ1v) is 9.79. The second kappa shape index (κ2) is 7.69. The van der Waals surface area contributed by atoms with Crippen molar-refractivity contribution >= 4 is 21.2 Å². The van der Waals surface area contributed by atoms with Crippen molar-refractivity contribution in [2.45, 2.75) is 11.9 Å². The summed E-state index contributed by atoms with van der Waals surface area (Å²) < 4.78 is 48.7. The SMILES string of the molecule is CCS(=O)(=O)c1ccc(Oc2cc(N)c(N)cc2Oc2cccnc2F)cn1. The molecule has 0 fully saturated rings. The molecule has 0 bridgehead atoms. The van der Waals surface area contributed by atoms with Crippen LogP contribution in [0.3, 0.4) is 0 Å². The van der Waals surface area contributed by atoms with Crippen molar-refractivity contribution in [3.63, 3.8) is 0 Å². The number of pyridine rings is 2. The maximum Gasteiger partial charge on any atom is 0.255 e. The number of ether oxygens (including phenoxy) is 2. The number of benzene rings is 1. The molecule has 1 aromatic carbocycles. The molecule has 2 aromatic heterocycles. The van der Waals surface area contributed by atoms with Gasteiger partial charge in [0.1, 0.15) is 5.75 Å². The van der Waals surface area contributed by atoms with E-state index in [1.807, 2.05) is 0 Å². The van der Waals surface area contributed by atoms with Crippen LogP contribution in [0.2, 0.25) is 0 Å². The van der Waals surface area contributed by atoms with Gasteiger partial charge in [0, 0.05) is 18.3 Å². The number of hydrogen-bond acceptors (Lipinski definition) is 8. The van der Waals surface area contributed by atoms with Crippen LogP contribution in [0, 0.1) is 5.95 Å². The van der Waals surface area contributed by atoms with E-state index >= 15 is 0 Å². The van der Waals surface area contributed by atoms with Crippen LogP contribution in [0.5, 0.6) is 23.0 Å². The molecule has 0 aliphatic heterocycles. The predicted molar refractivity (Wildman–Crippen MR) is 102 cm³/mol. The molecule has 8 nitrogen and oxygen atoms in total. The number of hydrogen-bond donors (Lipinski definition) is 2. The molecule has 3 rings (SSSR count). The van der Waals surface area contributed by atoms with Gasteiger partial charge in [-0.3, -0.25) is 0 Å². The quantitative estimate of drug-likeness (QED) is 0.473. The van der Waals surface area contributed by atoms with Crippen LogP contribution in [0.15, 0.2) is 53.8 Å². The molecule has 4 N–H and O–H groups in total. The van der Waals surface area contributed by atoms with Crippen LogP contribution < -0.4 is 20.9 Å². The molecule has 0 unspecified atom stereocenters. The molecule has 0 amide bonds. The zero-order valence-electron chi connectivity index (χ0n) is 14.8. The maximum atomic E-state index is 13.8. The van der Waals surface area contributed by atoms with Gasteiger partial charge in [0.25, 0.3) is 5.95 Å². The van der Waals surface area contributed by atoms with Crippen molar-refractivity contribution in [1.82, 2.24) is 9.97 Å². The largest absolute Gasteiger partial charge is 0.452 e. The summed E-state index contributed by atoms with van der Waals surface area (Å²) in [5.74, 6) is -0.523. The minimum atomic E-state index is -3.43. The van der Waals surface area contributed by atoms with E-state index in [1.54, 1.807) is 0 Å². The van der Waals surface area contributed by atoms with Gasteiger partial charge in [-0.1, -0.05) is 6.92 Å². The normalized spacial score (nSPS) is 11.2.